The van der Waals surface area contributed by atoms with Gasteiger partial charge in [-0.3, -0.25) is 13.9 Å². The van der Waals surface area contributed by atoms with E-state index in [1.807, 2.05) is 64.1 Å². The minimum atomic E-state index is -3.52. The second-order valence-electron chi connectivity index (χ2n) is 9.35. The number of sulfonamides is 1. The molecule has 0 aliphatic rings. The summed E-state index contributed by atoms with van der Waals surface area (Å²) >= 11 is 3.42. The monoisotopic (exact) mass is 579 g/mol. The summed E-state index contributed by atoms with van der Waals surface area (Å²) in [5.41, 5.74) is 3.57. The Morgan fingerprint density at radius 1 is 1.03 bits per heavy atom. The molecule has 2 aromatic carbocycles. The quantitative estimate of drug-likeness (QED) is 0.385. The number of carbonyl (C=O) groups is 2. The first kappa shape index (κ1) is 29.8. The molecule has 198 valence electrons. The predicted molar refractivity (Wildman–Crippen MR) is 149 cm³/mol. The van der Waals surface area contributed by atoms with E-state index in [1.54, 1.807) is 17.9 Å². The fourth-order valence-electron chi connectivity index (χ4n) is 3.72. The van der Waals surface area contributed by atoms with Gasteiger partial charge in [0.1, 0.15) is 6.04 Å². The largest absolute Gasteiger partial charge is 0.352 e. The van der Waals surface area contributed by atoms with E-state index < -0.39 is 16.1 Å². The zero-order valence-electron chi connectivity index (χ0n) is 22.0. The Morgan fingerprint density at radius 3 is 2.22 bits per heavy atom. The molecule has 0 saturated heterocycles. The van der Waals surface area contributed by atoms with Gasteiger partial charge in [-0.15, -0.1) is 0 Å². The molecule has 1 N–H and O–H groups in total. The van der Waals surface area contributed by atoms with E-state index >= 15 is 0 Å². The van der Waals surface area contributed by atoms with Gasteiger partial charge in [0, 0.05) is 30.0 Å². The van der Waals surface area contributed by atoms with Crippen molar-refractivity contribution in [1.29, 1.82) is 0 Å². The summed E-state index contributed by atoms with van der Waals surface area (Å²) in [5, 5.41) is 2.96. The van der Waals surface area contributed by atoms with Crippen LogP contribution in [0.4, 0.5) is 5.69 Å². The normalized spacial score (nSPS) is 13.1. The molecule has 2 rings (SSSR count). The van der Waals surface area contributed by atoms with Gasteiger partial charge in [0.05, 0.1) is 11.9 Å². The Balaban J connectivity index is 2.18. The van der Waals surface area contributed by atoms with Crippen molar-refractivity contribution in [2.75, 3.05) is 17.1 Å². The zero-order valence-corrected chi connectivity index (χ0v) is 24.4. The lowest BCUT2D eigenvalue weighted by Gasteiger charge is -2.30. The number of carbonyl (C=O) groups excluding carboxylic acids is 2. The van der Waals surface area contributed by atoms with E-state index in [9.17, 15) is 18.0 Å². The van der Waals surface area contributed by atoms with Gasteiger partial charge in [0.2, 0.25) is 21.8 Å². The van der Waals surface area contributed by atoms with Crippen LogP contribution in [0, 0.1) is 13.8 Å². The van der Waals surface area contributed by atoms with Gasteiger partial charge in [-0.25, -0.2) is 8.42 Å². The second-order valence-corrected chi connectivity index (χ2v) is 12.2. The van der Waals surface area contributed by atoms with Crippen LogP contribution in [-0.4, -0.2) is 50.0 Å². The third-order valence-electron chi connectivity index (χ3n) is 6.37. The molecule has 0 aromatic heterocycles. The topological polar surface area (TPSA) is 86.8 Å². The van der Waals surface area contributed by atoms with E-state index in [0.29, 0.717) is 12.1 Å². The van der Waals surface area contributed by atoms with Gasteiger partial charge >= 0.3 is 0 Å². The zero-order chi connectivity index (χ0) is 27.0. The van der Waals surface area contributed by atoms with Gasteiger partial charge in [-0.05, 0) is 81.5 Å². The molecule has 0 unspecified atom stereocenters. The summed E-state index contributed by atoms with van der Waals surface area (Å²) in [6.07, 6.45) is 2.41. The molecule has 0 aliphatic carbocycles. The van der Waals surface area contributed by atoms with Crippen LogP contribution in [0.1, 0.15) is 56.7 Å². The highest BCUT2D eigenvalue weighted by Gasteiger charge is 2.27. The number of halogens is 1. The Labute approximate surface area is 224 Å². The summed E-state index contributed by atoms with van der Waals surface area (Å²) in [6, 6.07) is 12.5. The molecule has 0 fully saturated rings. The first-order chi connectivity index (χ1) is 16.8. The maximum atomic E-state index is 13.4. The highest BCUT2D eigenvalue weighted by atomic mass is 79.9. The third kappa shape index (κ3) is 8.62. The van der Waals surface area contributed by atoms with Crippen molar-refractivity contribution >= 4 is 43.5 Å². The van der Waals surface area contributed by atoms with Crippen molar-refractivity contribution in [1.82, 2.24) is 10.2 Å². The number of hydrogen-bond donors (Lipinski definition) is 1. The Morgan fingerprint density at radius 2 is 1.67 bits per heavy atom. The average molecular weight is 581 g/mol. The van der Waals surface area contributed by atoms with Crippen LogP contribution >= 0.6 is 15.9 Å². The van der Waals surface area contributed by atoms with Crippen molar-refractivity contribution in [3.63, 3.8) is 0 Å². The molecule has 2 amide bonds. The van der Waals surface area contributed by atoms with E-state index in [2.05, 4.69) is 21.2 Å². The fraction of sp³-hybridized carbons (Fsp3) is 0.481. The first-order valence-electron chi connectivity index (χ1n) is 12.2. The van der Waals surface area contributed by atoms with Crippen LogP contribution in [0.5, 0.6) is 0 Å². The van der Waals surface area contributed by atoms with E-state index in [4.69, 9.17) is 0 Å². The van der Waals surface area contributed by atoms with Crippen molar-refractivity contribution in [2.45, 2.75) is 72.5 Å². The Hall–Kier alpha value is -2.39. The summed E-state index contributed by atoms with van der Waals surface area (Å²) < 4.78 is 27.3. The van der Waals surface area contributed by atoms with Crippen molar-refractivity contribution < 1.29 is 18.0 Å². The molecule has 36 heavy (non-hydrogen) atoms. The lowest BCUT2D eigenvalue weighted by atomic mass is 10.1. The molecule has 0 spiro atoms. The summed E-state index contributed by atoms with van der Waals surface area (Å²) in [7, 11) is -3.52. The summed E-state index contributed by atoms with van der Waals surface area (Å²) in [5.74, 6) is -0.402. The van der Waals surface area contributed by atoms with Crippen molar-refractivity contribution in [2.24, 2.45) is 0 Å². The number of nitrogens with zero attached hydrogens (tertiary/aromatic N) is 2. The van der Waals surface area contributed by atoms with Crippen LogP contribution in [0.2, 0.25) is 0 Å². The van der Waals surface area contributed by atoms with Crippen molar-refractivity contribution in [3.05, 3.63) is 63.6 Å². The smallest absolute Gasteiger partial charge is 0.242 e. The number of anilines is 1. The van der Waals surface area contributed by atoms with E-state index in [-0.39, 0.29) is 37.4 Å². The van der Waals surface area contributed by atoms with Gasteiger partial charge in [0.15, 0.2) is 0 Å². The number of aryl methyl sites for hydroxylation is 2. The average Bonchev–Trinajstić information content (AvgIpc) is 2.81. The number of amides is 2. The molecule has 2 atom stereocenters. The SMILES string of the molecule is CC[C@@H](C)NC(=O)[C@@H](C)N(Cc1ccc(Br)cc1)C(=O)CCCN(c1ccc(C)c(C)c1)S(C)(=O)=O. The van der Waals surface area contributed by atoms with Crippen LogP contribution in [0.3, 0.4) is 0 Å². The standard InChI is InChI=1S/C27H38BrN3O4S/c1-7-21(4)29-27(33)22(5)30(18-23-11-13-24(28)14-12-23)26(32)9-8-16-31(36(6,34)35)25-15-10-19(2)20(3)17-25/h10-15,17,21-22H,7-9,16,18H2,1-6H3,(H,29,33)/t21-,22-/m1/s1. The minimum absolute atomic E-state index is 0.00543. The Bertz CT molecular complexity index is 1150. The number of benzene rings is 2. The highest BCUT2D eigenvalue weighted by Crippen LogP contribution is 2.22. The number of rotatable bonds is 12. The summed E-state index contributed by atoms with van der Waals surface area (Å²) in [4.78, 5) is 27.8. The fourth-order valence-corrected chi connectivity index (χ4v) is 4.94. The lowest BCUT2D eigenvalue weighted by Crippen LogP contribution is -2.49. The van der Waals surface area contributed by atoms with Crippen LogP contribution in [0.25, 0.3) is 0 Å². The van der Waals surface area contributed by atoms with Gasteiger partial charge in [-0.2, -0.15) is 0 Å². The summed E-state index contributed by atoms with van der Waals surface area (Å²) in [6.45, 7) is 10.0. The molecule has 0 heterocycles. The molecule has 2 aromatic rings. The molecular weight excluding hydrogens is 542 g/mol. The van der Waals surface area contributed by atoms with Crippen LogP contribution in [-0.2, 0) is 26.2 Å². The van der Waals surface area contributed by atoms with Gasteiger partial charge < -0.3 is 10.2 Å². The molecule has 9 heteroatoms. The predicted octanol–water partition coefficient (Wildman–Crippen LogP) is 4.94. The first-order valence-corrected chi connectivity index (χ1v) is 14.9. The maximum absolute atomic E-state index is 13.4. The maximum Gasteiger partial charge on any atom is 0.242 e. The van der Waals surface area contributed by atoms with E-state index in [1.165, 1.54) is 10.6 Å². The molecule has 0 aliphatic heterocycles. The van der Waals surface area contributed by atoms with Crippen LogP contribution in [0.15, 0.2) is 46.9 Å². The van der Waals surface area contributed by atoms with Crippen LogP contribution < -0.4 is 9.62 Å². The second kappa shape index (κ2) is 13.2. The molecule has 7 nitrogen and oxygen atoms in total. The minimum Gasteiger partial charge on any atom is -0.352 e. The van der Waals surface area contributed by atoms with Gasteiger partial charge in [0.25, 0.3) is 0 Å². The van der Waals surface area contributed by atoms with Gasteiger partial charge in [-0.1, -0.05) is 41.1 Å². The molecular formula is C27H38BrN3O4S. The molecule has 0 radical (unpaired) electrons. The lowest BCUT2D eigenvalue weighted by molar-refractivity contribution is -0.140. The number of hydrogen-bond acceptors (Lipinski definition) is 4. The van der Waals surface area contributed by atoms with E-state index in [0.717, 1.165) is 27.6 Å². The number of nitrogens with one attached hydrogen (secondary N) is 1. The van der Waals surface area contributed by atoms with Crippen molar-refractivity contribution in [3.8, 4) is 0 Å². The molecule has 0 saturated carbocycles. The molecule has 0 bridgehead atoms. The Kier molecular flexibility index (Phi) is 11.0. The highest BCUT2D eigenvalue weighted by molar-refractivity contribution is 9.10. The third-order valence-corrected chi connectivity index (χ3v) is 8.09.